The van der Waals surface area contributed by atoms with Gasteiger partial charge in [-0.05, 0) is 16.7 Å². The minimum Gasteiger partial charge on any atom is -0.447 e. The first-order valence-corrected chi connectivity index (χ1v) is 7.17. The fourth-order valence-corrected chi connectivity index (χ4v) is 2.68. The molecule has 118 valence electrons. The summed E-state index contributed by atoms with van der Waals surface area (Å²) in [6.45, 7) is -0.662. The average molecular weight is 313 g/mol. The van der Waals surface area contributed by atoms with Crippen LogP contribution in [-0.2, 0) is 4.79 Å². The van der Waals surface area contributed by atoms with Crippen molar-refractivity contribution >= 4 is 11.9 Å². The number of amides is 1. The van der Waals surface area contributed by atoms with Crippen LogP contribution < -0.4 is 10.3 Å². The molecule has 0 aliphatic carbocycles. The van der Waals surface area contributed by atoms with E-state index in [1.54, 1.807) is 12.1 Å². The summed E-state index contributed by atoms with van der Waals surface area (Å²) in [5, 5.41) is 31.6. The third kappa shape index (κ3) is 2.58. The molecule has 2 aromatic carbocycles. The highest BCUT2D eigenvalue weighted by atomic mass is 16.3. The lowest BCUT2D eigenvalue weighted by atomic mass is 9.88. The molecule has 23 heavy (non-hydrogen) atoms. The van der Waals surface area contributed by atoms with E-state index in [1.165, 1.54) is 0 Å². The molecule has 0 bridgehead atoms. The van der Waals surface area contributed by atoms with Crippen LogP contribution in [0.25, 0.3) is 11.1 Å². The lowest BCUT2D eigenvalue weighted by Gasteiger charge is -2.23. The van der Waals surface area contributed by atoms with E-state index in [-0.39, 0.29) is 0 Å². The average Bonchev–Trinajstić information content (AvgIpc) is 2.89. The van der Waals surface area contributed by atoms with Crippen molar-refractivity contribution in [2.45, 2.75) is 11.6 Å². The Bertz CT molecular complexity index is 743. The molecule has 2 unspecified atom stereocenters. The topological polar surface area (TPSA) is 104 Å². The van der Waals surface area contributed by atoms with E-state index in [4.69, 9.17) is 0 Å². The van der Waals surface area contributed by atoms with Gasteiger partial charge in [0, 0.05) is 0 Å². The third-order valence-electron chi connectivity index (χ3n) is 4.03. The SMILES string of the molecule is O=C1NC(O)=[NH+]C1(CO)C(O)c1ccc(-c2ccccc2)cc1. The van der Waals surface area contributed by atoms with E-state index >= 15 is 0 Å². The molecule has 0 aromatic heterocycles. The Morgan fingerprint density at radius 1 is 1.04 bits per heavy atom. The Morgan fingerprint density at radius 2 is 1.65 bits per heavy atom. The molecule has 6 heteroatoms. The van der Waals surface area contributed by atoms with Crippen LogP contribution in [0.4, 0.5) is 0 Å². The van der Waals surface area contributed by atoms with Gasteiger partial charge in [0.15, 0.2) is 0 Å². The summed E-state index contributed by atoms with van der Waals surface area (Å²) in [7, 11) is 0. The Kier molecular flexibility index (Phi) is 3.85. The minimum atomic E-state index is -1.70. The summed E-state index contributed by atoms with van der Waals surface area (Å²) >= 11 is 0. The molecule has 2 aromatic rings. The molecule has 0 radical (unpaired) electrons. The molecular formula is C17H17N2O4+. The van der Waals surface area contributed by atoms with Gasteiger partial charge in [-0.2, -0.15) is 5.32 Å². The number of aliphatic hydroxyl groups is 3. The van der Waals surface area contributed by atoms with Crippen LogP contribution in [0.5, 0.6) is 0 Å². The van der Waals surface area contributed by atoms with Crippen molar-refractivity contribution in [3.8, 4) is 11.1 Å². The van der Waals surface area contributed by atoms with E-state index in [9.17, 15) is 20.1 Å². The maximum atomic E-state index is 12.0. The number of hydrogen-bond acceptors (Lipinski definition) is 3. The van der Waals surface area contributed by atoms with Crippen molar-refractivity contribution < 1.29 is 25.1 Å². The van der Waals surface area contributed by atoms with E-state index in [1.807, 2.05) is 42.5 Å². The van der Waals surface area contributed by atoms with Crippen LogP contribution in [0.15, 0.2) is 54.6 Å². The normalized spacial score (nSPS) is 21.7. The van der Waals surface area contributed by atoms with Crippen molar-refractivity contribution in [3.05, 3.63) is 60.2 Å². The monoisotopic (exact) mass is 313 g/mol. The van der Waals surface area contributed by atoms with Gasteiger partial charge in [-0.1, -0.05) is 54.6 Å². The van der Waals surface area contributed by atoms with Gasteiger partial charge in [-0.3, -0.25) is 0 Å². The number of rotatable bonds is 4. The summed E-state index contributed by atoms with van der Waals surface area (Å²) < 4.78 is 0. The van der Waals surface area contributed by atoms with Crippen molar-refractivity contribution in [1.29, 1.82) is 0 Å². The van der Waals surface area contributed by atoms with Gasteiger partial charge in [-0.25, -0.2) is 9.79 Å². The Morgan fingerprint density at radius 3 is 2.17 bits per heavy atom. The van der Waals surface area contributed by atoms with E-state index in [0.29, 0.717) is 5.56 Å². The Labute approximate surface area is 132 Å². The maximum absolute atomic E-state index is 12.0. The highest BCUT2D eigenvalue weighted by Gasteiger charge is 2.56. The van der Waals surface area contributed by atoms with Crippen LogP contribution in [0, 0.1) is 0 Å². The van der Waals surface area contributed by atoms with Gasteiger partial charge >= 0.3 is 11.9 Å². The number of nitrogens with one attached hydrogen (secondary N) is 2. The predicted molar refractivity (Wildman–Crippen MR) is 83.4 cm³/mol. The number of amidine groups is 1. The quantitative estimate of drug-likeness (QED) is 0.512. The van der Waals surface area contributed by atoms with E-state index < -0.39 is 30.2 Å². The minimum absolute atomic E-state index is 0.455. The second-order valence-corrected chi connectivity index (χ2v) is 5.45. The number of hydrogen-bond donors (Lipinski definition) is 5. The Hall–Kier alpha value is -2.70. The van der Waals surface area contributed by atoms with Crippen molar-refractivity contribution in [1.82, 2.24) is 5.32 Å². The molecule has 0 fully saturated rings. The molecule has 0 saturated carbocycles. The summed E-state index contributed by atoms with van der Waals surface area (Å²) in [4.78, 5) is 14.4. The first kappa shape index (κ1) is 15.2. The lowest BCUT2D eigenvalue weighted by molar-refractivity contribution is -0.555. The highest BCUT2D eigenvalue weighted by molar-refractivity contribution is 5.99. The number of benzene rings is 2. The fraction of sp³-hybridized carbons (Fsp3) is 0.176. The zero-order chi connectivity index (χ0) is 16.4. The van der Waals surface area contributed by atoms with Crippen LogP contribution in [0.1, 0.15) is 11.7 Å². The molecule has 1 aliphatic heterocycles. The molecule has 0 spiro atoms. The van der Waals surface area contributed by atoms with Crippen molar-refractivity contribution in [3.63, 3.8) is 0 Å². The van der Waals surface area contributed by atoms with Gasteiger partial charge in [0.2, 0.25) is 0 Å². The molecule has 3 rings (SSSR count). The molecular weight excluding hydrogens is 296 g/mol. The molecule has 2 atom stereocenters. The standard InChI is InChI=1S/C17H16N2O4/c20-10-17(15(22)18-16(23)19-17)14(21)13-8-6-12(7-9-13)11-4-2-1-3-5-11/h1-9,14,20-21H,10H2,(H2,18,19,22,23)/p+1. The third-order valence-corrected chi connectivity index (χ3v) is 4.03. The van der Waals surface area contributed by atoms with Crippen LogP contribution >= 0.6 is 0 Å². The van der Waals surface area contributed by atoms with E-state index in [0.717, 1.165) is 11.1 Å². The summed E-state index contributed by atoms with van der Waals surface area (Å²) in [6.07, 6.45) is -1.32. The van der Waals surface area contributed by atoms with Crippen LogP contribution in [0.2, 0.25) is 0 Å². The van der Waals surface area contributed by atoms with Gasteiger partial charge in [-0.15, -0.1) is 0 Å². The second-order valence-electron chi connectivity index (χ2n) is 5.45. The summed E-state index contributed by atoms with van der Waals surface area (Å²) in [6, 6.07) is 16.3. The number of carbonyl (C=O) groups excluding carboxylic acids is 1. The van der Waals surface area contributed by atoms with Crippen LogP contribution in [0.3, 0.4) is 0 Å². The van der Waals surface area contributed by atoms with Crippen molar-refractivity contribution in [2.24, 2.45) is 0 Å². The van der Waals surface area contributed by atoms with Gasteiger partial charge in [0.1, 0.15) is 12.7 Å². The largest absolute Gasteiger partial charge is 0.448 e. The second kappa shape index (κ2) is 5.83. The molecule has 0 saturated heterocycles. The summed E-state index contributed by atoms with van der Waals surface area (Å²) in [5.74, 6) is -0.683. The zero-order valence-electron chi connectivity index (χ0n) is 12.2. The predicted octanol–water partition coefficient (Wildman–Crippen LogP) is -0.757. The molecule has 1 heterocycles. The lowest BCUT2D eigenvalue weighted by Crippen LogP contribution is -2.89. The smallest absolute Gasteiger partial charge is 0.447 e. The molecule has 5 N–H and O–H groups in total. The fourth-order valence-electron chi connectivity index (χ4n) is 2.68. The van der Waals surface area contributed by atoms with Gasteiger partial charge in [0.25, 0.3) is 5.54 Å². The Balaban J connectivity index is 1.91. The number of carbonyl (C=O) groups is 1. The van der Waals surface area contributed by atoms with Crippen molar-refractivity contribution in [2.75, 3.05) is 6.61 Å². The highest BCUT2D eigenvalue weighted by Crippen LogP contribution is 2.27. The molecule has 1 aliphatic rings. The first-order chi connectivity index (χ1) is 11.1. The molecule has 1 amide bonds. The van der Waals surface area contributed by atoms with Crippen LogP contribution in [-0.4, -0.2) is 39.4 Å². The summed E-state index contributed by atoms with van der Waals surface area (Å²) in [5.41, 5.74) is 0.764. The molecule has 6 nitrogen and oxygen atoms in total. The van der Waals surface area contributed by atoms with Gasteiger partial charge < -0.3 is 15.3 Å². The number of aliphatic hydroxyl groups excluding tert-OH is 3. The van der Waals surface area contributed by atoms with E-state index in [2.05, 4.69) is 10.3 Å². The zero-order valence-corrected chi connectivity index (χ0v) is 12.2. The maximum Gasteiger partial charge on any atom is 0.448 e. The van der Waals surface area contributed by atoms with Gasteiger partial charge in [0.05, 0.1) is 0 Å². The first-order valence-electron chi connectivity index (χ1n) is 7.17.